The van der Waals surface area contributed by atoms with E-state index in [1.807, 2.05) is 57.2 Å². The van der Waals surface area contributed by atoms with Crippen LogP contribution in [0.4, 0.5) is 5.69 Å². The van der Waals surface area contributed by atoms with Crippen molar-refractivity contribution in [3.05, 3.63) is 94.6 Å². The van der Waals surface area contributed by atoms with Gasteiger partial charge in [0, 0.05) is 18.1 Å². The number of nitro benzene ring substituents is 1. The van der Waals surface area contributed by atoms with Gasteiger partial charge >= 0.3 is 5.97 Å². The molecule has 39 heavy (non-hydrogen) atoms. The molecule has 0 saturated carbocycles. The summed E-state index contributed by atoms with van der Waals surface area (Å²) in [6, 6.07) is 13.0. The van der Waals surface area contributed by atoms with Crippen molar-refractivity contribution in [3.63, 3.8) is 0 Å². The van der Waals surface area contributed by atoms with Crippen LogP contribution >= 0.6 is 0 Å². The van der Waals surface area contributed by atoms with Gasteiger partial charge in [0.25, 0.3) is 5.69 Å². The van der Waals surface area contributed by atoms with E-state index >= 15 is 0 Å². The van der Waals surface area contributed by atoms with Crippen LogP contribution in [0.15, 0.2) is 73.3 Å². The fourth-order valence-electron chi connectivity index (χ4n) is 4.17. The maximum atomic E-state index is 12.6. The highest BCUT2D eigenvalue weighted by atomic mass is 16.8. The second kappa shape index (κ2) is 13.5. The number of hydrogen-bond acceptors (Lipinski definition) is 8. The SMILES string of the molecule is C=CC[C@@H]1OC(C)(C)O[C@@H]1[C@@H](/C=C\[C@H](C)[C@@H](C)OC(=O)c1ccc([N+](=O)[O-])cc1)OCc1ccc(OC)cc1. The van der Waals surface area contributed by atoms with Gasteiger partial charge in [-0.2, -0.15) is 0 Å². The first-order valence-electron chi connectivity index (χ1n) is 12.9. The molecule has 0 aliphatic carbocycles. The molecular formula is C30H37NO8. The van der Waals surface area contributed by atoms with E-state index in [4.69, 9.17) is 23.7 Å². The lowest BCUT2D eigenvalue weighted by Gasteiger charge is -2.25. The lowest BCUT2D eigenvalue weighted by molar-refractivity contribution is -0.384. The lowest BCUT2D eigenvalue weighted by atomic mass is 10.0. The Morgan fingerprint density at radius 1 is 1.10 bits per heavy atom. The van der Waals surface area contributed by atoms with E-state index < -0.39 is 28.9 Å². The number of nitrogens with zero attached hydrogens (tertiary/aromatic N) is 1. The van der Waals surface area contributed by atoms with Crippen LogP contribution in [0.3, 0.4) is 0 Å². The largest absolute Gasteiger partial charge is 0.497 e. The summed E-state index contributed by atoms with van der Waals surface area (Å²) in [6.45, 7) is 11.7. The highest BCUT2D eigenvalue weighted by Crippen LogP contribution is 2.34. The van der Waals surface area contributed by atoms with Gasteiger partial charge in [0.15, 0.2) is 5.79 Å². The molecule has 0 bridgehead atoms. The van der Waals surface area contributed by atoms with Gasteiger partial charge in [0.2, 0.25) is 0 Å². The molecule has 9 heteroatoms. The van der Waals surface area contributed by atoms with E-state index in [2.05, 4.69) is 6.58 Å². The molecule has 2 aromatic rings. The number of ether oxygens (including phenoxy) is 5. The summed E-state index contributed by atoms with van der Waals surface area (Å²) in [6.07, 6.45) is 4.74. The molecule has 1 aliphatic heterocycles. The van der Waals surface area contributed by atoms with Crippen molar-refractivity contribution in [2.24, 2.45) is 5.92 Å². The van der Waals surface area contributed by atoms with Gasteiger partial charge < -0.3 is 23.7 Å². The van der Waals surface area contributed by atoms with Crippen LogP contribution in [0, 0.1) is 16.0 Å². The van der Waals surface area contributed by atoms with Crippen molar-refractivity contribution in [1.82, 2.24) is 0 Å². The standard InChI is InChI=1S/C30H37NO8/c1-7-8-27-28(39-30(4,5)38-27)26(36-19-22-10-16-25(35-6)17-11-22)18-9-20(2)21(3)37-29(32)23-12-14-24(15-13-23)31(33)34/h7,9-18,20-21,26-28H,1,8,19H2,2-6H3/b18-9-/t20-,21+,26+,27-,28+/m0/s1. The van der Waals surface area contributed by atoms with E-state index in [1.165, 1.54) is 24.3 Å². The average molecular weight is 540 g/mol. The molecule has 1 aliphatic rings. The second-order valence-corrected chi connectivity index (χ2v) is 9.95. The Morgan fingerprint density at radius 3 is 2.36 bits per heavy atom. The number of methoxy groups -OCH3 is 1. The van der Waals surface area contributed by atoms with Crippen LogP contribution in [0.1, 0.15) is 50.0 Å². The third kappa shape index (κ3) is 8.48. The molecule has 1 saturated heterocycles. The van der Waals surface area contributed by atoms with E-state index in [1.54, 1.807) is 20.1 Å². The number of hydrogen-bond donors (Lipinski definition) is 0. The zero-order valence-corrected chi connectivity index (χ0v) is 23.1. The van der Waals surface area contributed by atoms with E-state index in [9.17, 15) is 14.9 Å². The van der Waals surface area contributed by atoms with Crippen LogP contribution in [-0.4, -0.2) is 48.2 Å². The van der Waals surface area contributed by atoms with E-state index in [0.29, 0.717) is 13.0 Å². The minimum Gasteiger partial charge on any atom is -0.497 e. The molecule has 5 atom stereocenters. The molecule has 0 aromatic heterocycles. The highest BCUT2D eigenvalue weighted by molar-refractivity contribution is 5.89. The lowest BCUT2D eigenvalue weighted by Crippen LogP contribution is -2.36. The molecule has 210 valence electrons. The molecule has 2 aromatic carbocycles. The van der Waals surface area contributed by atoms with Crippen molar-refractivity contribution in [3.8, 4) is 5.75 Å². The molecule has 1 fully saturated rings. The van der Waals surface area contributed by atoms with Crippen LogP contribution < -0.4 is 4.74 Å². The van der Waals surface area contributed by atoms with E-state index in [0.717, 1.165) is 11.3 Å². The summed E-state index contributed by atoms with van der Waals surface area (Å²) in [7, 11) is 1.62. The predicted octanol–water partition coefficient (Wildman–Crippen LogP) is 6.02. The van der Waals surface area contributed by atoms with Gasteiger partial charge in [-0.15, -0.1) is 6.58 Å². The topological polar surface area (TPSA) is 106 Å². The van der Waals surface area contributed by atoms with Crippen LogP contribution in [-0.2, 0) is 25.6 Å². The molecule has 3 rings (SSSR count). The smallest absolute Gasteiger partial charge is 0.338 e. The number of carbonyl (C=O) groups excluding carboxylic acids is 1. The first-order valence-corrected chi connectivity index (χ1v) is 12.9. The third-order valence-corrected chi connectivity index (χ3v) is 6.50. The van der Waals surface area contributed by atoms with E-state index in [-0.39, 0.29) is 29.4 Å². The van der Waals surface area contributed by atoms with Gasteiger partial charge in [-0.1, -0.05) is 37.3 Å². The molecule has 1 heterocycles. The summed E-state index contributed by atoms with van der Waals surface area (Å²) in [4.78, 5) is 22.9. The van der Waals surface area contributed by atoms with Crippen LogP contribution in [0.5, 0.6) is 5.75 Å². The molecule has 9 nitrogen and oxygen atoms in total. The fourth-order valence-corrected chi connectivity index (χ4v) is 4.17. The quantitative estimate of drug-likeness (QED) is 0.132. The highest BCUT2D eigenvalue weighted by Gasteiger charge is 2.44. The van der Waals surface area contributed by atoms with Crippen molar-refractivity contribution in [2.75, 3.05) is 7.11 Å². The number of non-ortho nitro benzene ring substituents is 1. The Hall–Kier alpha value is -3.53. The van der Waals surface area contributed by atoms with Gasteiger partial charge in [0.1, 0.15) is 24.1 Å². The minimum atomic E-state index is -0.771. The number of rotatable bonds is 13. The summed E-state index contributed by atoms with van der Waals surface area (Å²) < 4.78 is 29.5. The maximum Gasteiger partial charge on any atom is 0.338 e. The maximum absolute atomic E-state index is 12.6. The summed E-state index contributed by atoms with van der Waals surface area (Å²) in [5.74, 6) is -0.716. The predicted molar refractivity (Wildman–Crippen MR) is 146 cm³/mol. The van der Waals surface area contributed by atoms with Crippen molar-refractivity contribution >= 4 is 11.7 Å². The van der Waals surface area contributed by atoms with Gasteiger partial charge in [0.05, 0.1) is 30.3 Å². The molecule has 0 radical (unpaired) electrons. The fraction of sp³-hybridized carbons (Fsp3) is 0.433. The molecular weight excluding hydrogens is 502 g/mol. The van der Waals surface area contributed by atoms with Crippen molar-refractivity contribution < 1.29 is 33.4 Å². The van der Waals surface area contributed by atoms with Crippen LogP contribution in [0.25, 0.3) is 0 Å². The summed E-state index contributed by atoms with van der Waals surface area (Å²) in [5.41, 5.74) is 1.13. The van der Waals surface area contributed by atoms with Crippen molar-refractivity contribution in [2.45, 2.75) is 70.9 Å². The monoisotopic (exact) mass is 539 g/mol. The Bertz CT molecular complexity index is 1140. The van der Waals surface area contributed by atoms with Gasteiger partial charge in [-0.3, -0.25) is 10.1 Å². The normalized spacial score (nSPS) is 20.7. The zero-order valence-electron chi connectivity index (χ0n) is 23.1. The average Bonchev–Trinajstić information content (AvgIpc) is 3.22. The molecule has 0 N–H and O–H groups in total. The first-order chi connectivity index (χ1) is 18.5. The first kappa shape index (κ1) is 30.0. The summed E-state index contributed by atoms with van der Waals surface area (Å²) >= 11 is 0. The van der Waals surface area contributed by atoms with Gasteiger partial charge in [-0.05, 0) is 57.0 Å². The molecule has 0 spiro atoms. The Balaban J connectivity index is 1.71. The Morgan fingerprint density at radius 2 is 1.77 bits per heavy atom. The Labute approximate surface area is 229 Å². The van der Waals surface area contributed by atoms with Crippen molar-refractivity contribution in [1.29, 1.82) is 0 Å². The number of benzene rings is 2. The van der Waals surface area contributed by atoms with Crippen LogP contribution in [0.2, 0.25) is 0 Å². The Kier molecular flexibility index (Phi) is 10.4. The molecule has 0 unspecified atom stereocenters. The zero-order chi connectivity index (χ0) is 28.6. The van der Waals surface area contributed by atoms with Gasteiger partial charge in [-0.25, -0.2) is 4.79 Å². The minimum absolute atomic E-state index is 0.0902. The number of nitro groups is 1. The number of carbonyl (C=O) groups is 1. The number of esters is 1. The second-order valence-electron chi connectivity index (χ2n) is 9.95. The molecule has 0 amide bonds. The third-order valence-electron chi connectivity index (χ3n) is 6.50. The summed E-state index contributed by atoms with van der Waals surface area (Å²) in [5, 5.41) is 10.9.